The summed E-state index contributed by atoms with van der Waals surface area (Å²) in [6.45, 7) is 0.574. The summed E-state index contributed by atoms with van der Waals surface area (Å²) in [4.78, 5) is 13.5. The molecule has 1 rings (SSSR count). The summed E-state index contributed by atoms with van der Waals surface area (Å²) >= 11 is 5.51. The molecular weight excluding hydrogens is 319 g/mol. The van der Waals surface area contributed by atoms with Gasteiger partial charge in [0.1, 0.15) is 0 Å². The summed E-state index contributed by atoms with van der Waals surface area (Å²) < 4.78 is 38.2. The number of amides is 1. The number of nitrogens with one attached hydrogen (secondary N) is 1. The second-order valence-corrected chi connectivity index (χ2v) is 5.15. The maximum atomic E-state index is 12.7. The number of benzene rings is 1. The van der Waals surface area contributed by atoms with Crippen LogP contribution in [-0.2, 0) is 11.0 Å². The van der Waals surface area contributed by atoms with Crippen LogP contribution in [0.5, 0.6) is 0 Å². The average molecular weight is 334 g/mol. The van der Waals surface area contributed by atoms with Crippen molar-refractivity contribution < 1.29 is 18.0 Å². The molecule has 0 aromatic heterocycles. The highest BCUT2D eigenvalue weighted by molar-refractivity contribution is 6.31. The standard InChI is InChI=1S/C14H15ClF3N3O/c1-21(7-3-2-6-19)9-13(22)20-10-4-5-12(15)11(8-10)14(16,17)18/h4-5,8H,2-3,7,9H2,1H3,(H,20,22). The Kier molecular flexibility index (Phi) is 6.65. The Morgan fingerprint density at radius 2 is 2.14 bits per heavy atom. The summed E-state index contributed by atoms with van der Waals surface area (Å²) in [5.74, 6) is -0.435. The molecule has 0 fully saturated rings. The molecular formula is C14H15ClF3N3O. The van der Waals surface area contributed by atoms with Gasteiger partial charge in [0.25, 0.3) is 0 Å². The van der Waals surface area contributed by atoms with Gasteiger partial charge in [0.2, 0.25) is 5.91 Å². The van der Waals surface area contributed by atoms with Crippen LogP contribution in [0.2, 0.25) is 5.02 Å². The van der Waals surface area contributed by atoms with Crippen LogP contribution in [0.15, 0.2) is 18.2 Å². The first kappa shape index (κ1) is 18.3. The topological polar surface area (TPSA) is 56.1 Å². The molecule has 1 aromatic rings. The lowest BCUT2D eigenvalue weighted by molar-refractivity contribution is -0.137. The fourth-order valence-corrected chi connectivity index (χ4v) is 2.00. The highest BCUT2D eigenvalue weighted by atomic mass is 35.5. The van der Waals surface area contributed by atoms with Gasteiger partial charge in [0.15, 0.2) is 0 Å². The van der Waals surface area contributed by atoms with Crippen LogP contribution in [0.3, 0.4) is 0 Å². The molecule has 0 heterocycles. The molecule has 0 atom stereocenters. The molecule has 0 aliphatic carbocycles. The van der Waals surface area contributed by atoms with Gasteiger partial charge in [0, 0.05) is 12.1 Å². The van der Waals surface area contributed by atoms with Crippen LogP contribution >= 0.6 is 11.6 Å². The number of carbonyl (C=O) groups is 1. The summed E-state index contributed by atoms with van der Waals surface area (Å²) in [6, 6.07) is 5.20. The van der Waals surface area contributed by atoms with Gasteiger partial charge in [-0.1, -0.05) is 11.6 Å². The van der Waals surface area contributed by atoms with Gasteiger partial charge < -0.3 is 5.32 Å². The van der Waals surface area contributed by atoms with E-state index < -0.39 is 22.7 Å². The Hall–Kier alpha value is -1.78. The van der Waals surface area contributed by atoms with Crippen LogP contribution in [0.25, 0.3) is 0 Å². The molecule has 0 aliphatic heterocycles. The Bertz CT molecular complexity index is 569. The Morgan fingerprint density at radius 3 is 2.73 bits per heavy atom. The van der Waals surface area contributed by atoms with Crippen molar-refractivity contribution in [1.29, 1.82) is 5.26 Å². The number of unbranched alkanes of at least 4 members (excludes halogenated alkanes) is 1. The lowest BCUT2D eigenvalue weighted by Crippen LogP contribution is -2.31. The highest BCUT2D eigenvalue weighted by Crippen LogP contribution is 2.36. The summed E-state index contributed by atoms with van der Waals surface area (Å²) in [5.41, 5.74) is -0.957. The van der Waals surface area contributed by atoms with Gasteiger partial charge in [-0.05, 0) is 38.2 Å². The lowest BCUT2D eigenvalue weighted by Gasteiger charge is -2.16. The molecule has 1 N–H and O–H groups in total. The summed E-state index contributed by atoms with van der Waals surface area (Å²) in [5, 5.41) is 10.4. The highest BCUT2D eigenvalue weighted by Gasteiger charge is 2.33. The van der Waals surface area contributed by atoms with E-state index in [4.69, 9.17) is 16.9 Å². The van der Waals surface area contributed by atoms with Crippen LogP contribution in [-0.4, -0.2) is 30.9 Å². The minimum absolute atomic E-state index is 0.0232. The van der Waals surface area contributed by atoms with Crippen LogP contribution in [0.4, 0.5) is 18.9 Å². The molecule has 0 spiro atoms. The van der Waals surface area contributed by atoms with Crippen molar-refractivity contribution in [3.8, 4) is 6.07 Å². The molecule has 4 nitrogen and oxygen atoms in total. The maximum absolute atomic E-state index is 12.7. The number of nitriles is 1. The third-order valence-electron chi connectivity index (χ3n) is 2.80. The molecule has 1 amide bonds. The third-order valence-corrected chi connectivity index (χ3v) is 3.13. The summed E-state index contributed by atoms with van der Waals surface area (Å²) in [6.07, 6.45) is -3.57. The normalized spacial score (nSPS) is 11.3. The van der Waals surface area contributed by atoms with Gasteiger partial charge >= 0.3 is 6.18 Å². The van der Waals surface area contributed by atoms with E-state index in [0.717, 1.165) is 12.1 Å². The van der Waals surface area contributed by atoms with E-state index in [2.05, 4.69) is 5.32 Å². The zero-order valence-electron chi connectivity index (χ0n) is 11.9. The molecule has 0 aliphatic rings. The van der Waals surface area contributed by atoms with Crippen molar-refractivity contribution in [2.75, 3.05) is 25.5 Å². The van der Waals surface area contributed by atoms with Crippen molar-refractivity contribution >= 4 is 23.2 Å². The van der Waals surface area contributed by atoms with Crippen LogP contribution in [0.1, 0.15) is 18.4 Å². The quantitative estimate of drug-likeness (QED) is 0.810. The van der Waals surface area contributed by atoms with Crippen molar-refractivity contribution in [3.63, 3.8) is 0 Å². The SMILES string of the molecule is CN(CCCC#N)CC(=O)Nc1ccc(Cl)c(C(F)(F)F)c1. The first-order chi connectivity index (χ1) is 10.2. The molecule has 0 saturated carbocycles. The van der Waals surface area contributed by atoms with Crippen LogP contribution in [0, 0.1) is 11.3 Å². The lowest BCUT2D eigenvalue weighted by atomic mass is 10.2. The molecule has 8 heteroatoms. The van der Waals surface area contributed by atoms with E-state index in [1.165, 1.54) is 6.07 Å². The Morgan fingerprint density at radius 1 is 1.45 bits per heavy atom. The largest absolute Gasteiger partial charge is 0.417 e. The van der Waals surface area contributed by atoms with E-state index in [-0.39, 0.29) is 12.2 Å². The van der Waals surface area contributed by atoms with Crippen molar-refractivity contribution in [3.05, 3.63) is 28.8 Å². The van der Waals surface area contributed by atoms with Gasteiger partial charge in [0.05, 0.1) is 23.2 Å². The zero-order chi connectivity index (χ0) is 16.8. The van der Waals surface area contributed by atoms with Crippen molar-refractivity contribution in [2.45, 2.75) is 19.0 Å². The molecule has 120 valence electrons. The Balaban J connectivity index is 2.64. The summed E-state index contributed by atoms with van der Waals surface area (Å²) in [7, 11) is 1.69. The van der Waals surface area contributed by atoms with Gasteiger partial charge in [-0.25, -0.2) is 0 Å². The van der Waals surface area contributed by atoms with E-state index in [1.54, 1.807) is 11.9 Å². The molecule has 0 radical (unpaired) electrons. The van der Waals surface area contributed by atoms with Gasteiger partial charge in [-0.3, -0.25) is 9.69 Å². The number of halogens is 4. The zero-order valence-corrected chi connectivity index (χ0v) is 12.6. The number of alkyl halides is 3. The number of hydrogen-bond acceptors (Lipinski definition) is 3. The monoisotopic (exact) mass is 333 g/mol. The molecule has 1 aromatic carbocycles. The molecule has 0 bridgehead atoms. The first-order valence-corrected chi connectivity index (χ1v) is 6.84. The predicted octanol–water partition coefficient (Wildman–Crippen LogP) is 3.53. The second-order valence-electron chi connectivity index (χ2n) is 4.74. The second kappa shape index (κ2) is 8.01. The number of rotatable bonds is 6. The van der Waals surface area contributed by atoms with E-state index >= 15 is 0 Å². The maximum Gasteiger partial charge on any atom is 0.417 e. The fourth-order valence-electron chi connectivity index (χ4n) is 1.77. The molecule has 0 unspecified atom stereocenters. The number of carbonyl (C=O) groups excluding carboxylic acids is 1. The van der Waals surface area contributed by atoms with E-state index in [0.29, 0.717) is 19.4 Å². The number of likely N-dealkylation sites (N-methyl/N-ethyl adjacent to an activating group) is 1. The van der Waals surface area contributed by atoms with Gasteiger partial charge in [-0.15, -0.1) is 0 Å². The van der Waals surface area contributed by atoms with Gasteiger partial charge in [-0.2, -0.15) is 18.4 Å². The minimum Gasteiger partial charge on any atom is -0.325 e. The van der Waals surface area contributed by atoms with E-state index in [9.17, 15) is 18.0 Å². The third kappa shape index (κ3) is 5.92. The average Bonchev–Trinajstić information content (AvgIpc) is 2.40. The smallest absolute Gasteiger partial charge is 0.325 e. The van der Waals surface area contributed by atoms with Crippen molar-refractivity contribution in [1.82, 2.24) is 4.90 Å². The first-order valence-electron chi connectivity index (χ1n) is 6.46. The minimum atomic E-state index is -4.58. The predicted molar refractivity (Wildman–Crippen MR) is 77.4 cm³/mol. The molecule has 22 heavy (non-hydrogen) atoms. The van der Waals surface area contributed by atoms with E-state index in [1.807, 2.05) is 6.07 Å². The Labute approximate surface area is 131 Å². The van der Waals surface area contributed by atoms with Crippen LogP contribution < -0.4 is 5.32 Å². The number of hydrogen-bond donors (Lipinski definition) is 1. The number of anilines is 1. The molecule has 0 saturated heterocycles. The fraction of sp³-hybridized carbons (Fsp3) is 0.429. The number of nitrogens with zero attached hydrogens (tertiary/aromatic N) is 2. The van der Waals surface area contributed by atoms with Crippen molar-refractivity contribution in [2.24, 2.45) is 0 Å².